The van der Waals surface area contributed by atoms with Crippen LogP contribution in [-0.2, 0) is 17.0 Å². The van der Waals surface area contributed by atoms with Gasteiger partial charge in [-0.25, -0.2) is 4.39 Å². The monoisotopic (exact) mass is 353 g/mol. The Kier molecular flexibility index (Phi) is 6.07. The van der Waals surface area contributed by atoms with Gasteiger partial charge in [-0.1, -0.05) is 60.7 Å². The van der Waals surface area contributed by atoms with Gasteiger partial charge in [0, 0.05) is 18.1 Å². The lowest BCUT2D eigenvalue weighted by Gasteiger charge is -2.08. The normalized spacial score (nSPS) is 10.8. The molecule has 0 spiro atoms. The Bertz CT molecular complexity index is 860. The summed E-state index contributed by atoms with van der Waals surface area (Å²) in [6.07, 6.45) is 0.374. The Morgan fingerprint density at radius 2 is 1.64 bits per heavy atom. The number of rotatable bonds is 7. The topological polar surface area (TPSA) is 29.1 Å². The van der Waals surface area contributed by atoms with Gasteiger partial charge in [0.05, 0.1) is 6.42 Å². The molecule has 0 radical (unpaired) electrons. The van der Waals surface area contributed by atoms with Crippen molar-refractivity contribution in [2.45, 2.75) is 12.2 Å². The average molecular weight is 353 g/mol. The highest BCUT2D eigenvalue weighted by molar-refractivity contribution is 7.98. The van der Waals surface area contributed by atoms with Gasteiger partial charge in [-0.05, 0) is 28.0 Å². The molecule has 0 fully saturated rings. The minimum absolute atomic E-state index is 0.0165. The van der Waals surface area contributed by atoms with Gasteiger partial charge in [0.15, 0.2) is 0 Å². The summed E-state index contributed by atoms with van der Waals surface area (Å²) in [5.41, 5.74) is 1.74. The van der Waals surface area contributed by atoms with Crippen LogP contribution in [0.25, 0.3) is 10.8 Å². The smallest absolute Gasteiger partial charge is 0.224 e. The third-order valence-electron chi connectivity index (χ3n) is 4.01. The van der Waals surface area contributed by atoms with Crippen LogP contribution < -0.4 is 5.32 Å². The maximum atomic E-state index is 13.5. The van der Waals surface area contributed by atoms with Crippen LogP contribution in [0.2, 0.25) is 0 Å². The summed E-state index contributed by atoms with van der Waals surface area (Å²) in [4.78, 5) is 12.2. The largest absolute Gasteiger partial charge is 0.355 e. The zero-order chi connectivity index (χ0) is 17.5. The van der Waals surface area contributed by atoms with Gasteiger partial charge in [-0.2, -0.15) is 11.8 Å². The number of amides is 1. The highest BCUT2D eigenvalue weighted by Crippen LogP contribution is 2.19. The van der Waals surface area contributed by atoms with E-state index in [1.165, 1.54) is 6.07 Å². The first-order valence-corrected chi connectivity index (χ1v) is 9.44. The van der Waals surface area contributed by atoms with Crippen molar-refractivity contribution in [1.82, 2.24) is 5.32 Å². The molecule has 0 aromatic heterocycles. The van der Waals surface area contributed by atoms with Gasteiger partial charge in [-0.3, -0.25) is 4.79 Å². The summed E-state index contributed by atoms with van der Waals surface area (Å²) in [5.74, 6) is 1.22. The number of carbonyl (C=O) groups excluding carboxylic acids is 1. The molecular weight excluding hydrogens is 333 g/mol. The molecule has 3 aromatic rings. The molecule has 0 saturated heterocycles. The van der Waals surface area contributed by atoms with Crippen LogP contribution in [0, 0.1) is 5.82 Å². The lowest BCUT2D eigenvalue weighted by Crippen LogP contribution is -2.27. The number of hydrogen-bond donors (Lipinski definition) is 1. The molecule has 0 aliphatic carbocycles. The fraction of sp³-hybridized carbons (Fsp3) is 0.190. The van der Waals surface area contributed by atoms with Crippen LogP contribution in [0.15, 0.2) is 66.7 Å². The molecule has 1 N–H and O–H groups in total. The van der Waals surface area contributed by atoms with Crippen LogP contribution in [0.1, 0.15) is 11.1 Å². The van der Waals surface area contributed by atoms with E-state index in [-0.39, 0.29) is 11.7 Å². The van der Waals surface area contributed by atoms with E-state index in [4.69, 9.17) is 0 Å². The van der Waals surface area contributed by atoms with Crippen LogP contribution in [0.3, 0.4) is 0 Å². The molecule has 0 aliphatic heterocycles. The fourth-order valence-corrected chi connectivity index (χ4v) is 3.59. The maximum absolute atomic E-state index is 13.5. The van der Waals surface area contributed by atoms with Gasteiger partial charge in [-0.15, -0.1) is 0 Å². The summed E-state index contributed by atoms with van der Waals surface area (Å²) in [6, 6.07) is 20.9. The van der Waals surface area contributed by atoms with Crippen LogP contribution in [-0.4, -0.2) is 18.2 Å². The van der Waals surface area contributed by atoms with E-state index in [1.807, 2.05) is 36.4 Å². The predicted molar refractivity (Wildman–Crippen MR) is 103 cm³/mol. The molecule has 4 heteroatoms. The molecule has 3 rings (SSSR count). The van der Waals surface area contributed by atoms with E-state index in [0.29, 0.717) is 24.3 Å². The third kappa shape index (κ3) is 4.83. The third-order valence-corrected chi connectivity index (χ3v) is 5.02. The first-order chi connectivity index (χ1) is 12.2. The van der Waals surface area contributed by atoms with Crippen molar-refractivity contribution in [3.8, 4) is 0 Å². The van der Waals surface area contributed by atoms with Gasteiger partial charge in [0.2, 0.25) is 5.91 Å². The highest BCUT2D eigenvalue weighted by atomic mass is 32.2. The molecule has 128 valence electrons. The number of fused-ring (bicyclic) bond motifs is 1. The number of benzene rings is 3. The molecule has 3 aromatic carbocycles. The van der Waals surface area contributed by atoms with Crippen molar-refractivity contribution >= 4 is 28.4 Å². The minimum atomic E-state index is -0.171. The summed E-state index contributed by atoms with van der Waals surface area (Å²) in [6.45, 7) is 0.586. The van der Waals surface area contributed by atoms with Crippen molar-refractivity contribution in [1.29, 1.82) is 0 Å². The Morgan fingerprint density at radius 1 is 0.920 bits per heavy atom. The molecule has 0 aliphatic rings. The summed E-state index contributed by atoms with van der Waals surface area (Å²) >= 11 is 1.62. The van der Waals surface area contributed by atoms with Crippen molar-refractivity contribution in [2.24, 2.45) is 0 Å². The SMILES string of the molecule is O=C(Cc1cccc2ccccc12)NCCSCc1ccccc1F. The summed E-state index contributed by atoms with van der Waals surface area (Å²) < 4.78 is 13.5. The molecular formula is C21H20FNOS. The molecule has 0 atom stereocenters. The van der Waals surface area contributed by atoms with Crippen molar-refractivity contribution in [2.75, 3.05) is 12.3 Å². The van der Waals surface area contributed by atoms with E-state index in [2.05, 4.69) is 17.4 Å². The number of carbonyl (C=O) groups is 1. The second-order valence-electron chi connectivity index (χ2n) is 5.81. The van der Waals surface area contributed by atoms with Gasteiger partial charge in [0.25, 0.3) is 0 Å². The van der Waals surface area contributed by atoms with Gasteiger partial charge >= 0.3 is 0 Å². The van der Waals surface area contributed by atoms with Crippen molar-refractivity contribution < 1.29 is 9.18 Å². The van der Waals surface area contributed by atoms with Crippen molar-refractivity contribution in [3.63, 3.8) is 0 Å². The second-order valence-corrected chi connectivity index (χ2v) is 6.91. The molecule has 0 saturated carbocycles. The van der Waals surface area contributed by atoms with E-state index in [1.54, 1.807) is 23.9 Å². The Morgan fingerprint density at radius 3 is 2.52 bits per heavy atom. The van der Waals surface area contributed by atoms with E-state index in [9.17, 15) is 9.18 Å². The second kappa shape index (κ2) is 8.67. The zero-order valence-corrected chi connectivity index (χ0v) is 14.7. The summed E-state index contributed by atoms with van der Waals surface area (Å²) in [5, 5.41) is 5.21. The standard InChI is InChI=1S/C21H20FNOS/c22-20-11-4-2-7-18(20)15-25-13-12-23-21(24)14-17-9-5-8-16-6-1-3-10-19(16)17/h1-11H,12-15H2,(H,23,24). The number of hydrogen-bond acceptors (Lipinski definition) is 2. The Labute approximate surface area is 151 Å². The van der Waals surface area contributed by atoms with E-state index < -0.39 is 0 Å². The molecule has 0 bridgehead atoms. The lowest BCUT2D eigenvalue weighted by molar-refractivity contribution is -0.120. The highest BCUT2D eigenvalue weighted by Gasteiger charge is 2.06. The fourth-order valence-electron chi connectivity index (χ4n) is 2.74. The quantitative estimate of drug-likeness (QED) is 0.630. The van der Waals surface area contributed by atoms with E-state index in [0.717, 1.165) is 22.1 Å². The van der Waals surface area contributed by atoms with Crippen LogP contribution in [0.4, 0.5) is 4.39 Å². The zero-order valence-electron chi connectivity index (χ0n) is 13.9. The van der Waals surface area contributed by atoms with Crippen molar-refractivity contribution in [3.05, 3.63) is 83.7 Å². The summed E-state index contributed by atoms with van der Waals surface area (Å²) in [7, 11) is 0. The number of halogens is 1. The predicted octanol–water partition coefficient (Wildman–Crippen LogP) is 4.57. The average Bonchev–Trinajstić information content (AvgIpc) is 2.63. The Balaban J connectivity index is 1.44. The minimum Gasteiger partial charge on any atom is -0.355 e. The molecule has 0 unspecified atom stereocenters. The lowest BCUT2D eigenvalue weighted by atomic mass is 10.0. The van der Waals surface area contributed by atoms with Crippen LogP contribution >= 0.6 is 11.8 Å². The maximum Gasteiger partial charge on any atom is 0.224 e. The molecule has 2 nitrogen and oxygen atoms in total. The molecule has 25 heavy (non-hydrogen) atoms. The van der Waals surface area contributed by atoms with Crippen LogP contribution in [0.5, 0.6) is 0 Å². The first kappa shape index (κ1) is 17.5. The molecule has 0 heterocycles. The first-order valence-electron chi connectivity index (χ1n) is 8.28. The Hall–Kier alpha value is -2.33. The number of thioether (sulfide) groups is 1. The molecule has 1 amide bonds. The van der Waals surface area contributed by atoms with Gasteiger partial charge in [0.1, 0.15) is 5.82 Å². The van der Waals surface area contributed by atoms with E-state index >= 15 is 0 Å². The van der Waals surface area contributed by atoms with Gasteiger partial charge < -0.3 is 5.32 Å². The number of nitrogens with one attached hydrogen (secondary N) is 1.